The molecule has 0 saturated heterocycles. The van der Waals surface area contributed by atoms with E-state index >= 15 is 0 Å². The van der Waals surface area contributed by atoms with Crippen molar-refractivity contribution >= 4 is 17.7 Å². The molecule has 0 heterocycles. The number of halogens is 1. The van der Waals surface area contributed by atoms with Crippen LogP contribution in [0.5, 0.6) is 0 Å². The van der Waals surface area contributed by atoms with Crippen LogP contribution in [-0.2, 0) is 5.06 Å². The van der Waals surface area contributed by atoms with Crippen molar-refractivity contribution in [3.8, 4) is 0 Å². The molecule has 1 aliphatic rings. The first-order valence-corrected chi connectivity index (χ1v) is 4.69. The topological polar surface area (TPSA) is 20.2 Å². The van der Waals surface area contributed by atoms with E-state index in [1.54, 1.807) is 0 Å². The smallest absolute Gasteiger partial charge is 0.170 e. The van der Waals surface area contributed by atoms with Gasteiger partial charge in [-0.2, -0.15) is 0 Å². The molecule has 2 atom stereocenters. The highest BCUT2D eigenvalue weighted by Crippen LogP contribution is 2.40. The van der Waals surface area contributed by atoms with Crippen LogP contribution in [0, 0.1) is 5.92 Å². The van der Waals surface area contributed by atoms with Crippen molar-refractivity contribution in [3.05, 3.63) is 41.5 Å². The molecule has 13 heavy (non-hydrogen) atoms. The van der Waals surface area contributed by atoms with E-state index in [4.69, 9.17) is 11.6 Å². The summed E-state index contributed by atoms with van der Waals surface area (Å²) < 4.78 is 0. The summed E-state index contributed by atoms with van der Waals surface area (Å²) in [5, 5.41) is 8.76. The number of rotatable bonds is 0. The van der Waals surface area contributed by atoms with Crippen LogP contribution >= 0.6 is 11.6 Å². The van der Waals surface area contributed by atoms with Crippen LogP contribution in [0.1, 0.15) is 18.1 Å². The van der Waals surface area contributed by atoms with E-state index < -0.39 is 5.06 Å². The lowest BCUT2D eigenvalue weighted by atomic mass is 9.87. The first-order chi connectivity index (χ1) is 6.12. The Morgan fingerprint density at radius 2 is 2.08 bits per heavy atom. The normalized spacial score (nSPS) is 31.5. The summed E-state index contributed by atoms with van der Waals surface area (Å²) in [6.07, 6.45) is 3.92. The maximum absolute atomic E-state index is 10.0. The molecule has 0 aliphatic heterocycles. The van der Waals surface area contributed by atoms with E-state index in [9.17, 15) is 5.11 Å². The highest BCUT2D eigenvalue weighted by molar-refractivity contribution is 6.23. The summed E-state index contributed by atoms with van der Waals surface area (Å²) in [5.74, 6) is -0.0518. The number of benzene rings is 1. The quantitative estimate of drug-likeness (QED) is 0.630. The van der Waals surface area contributed by atoms with Gasteiger partial charge in [0.2, 0.25) is 0 Å². The van der Waals surface area contributed by atoms with Crippen LogP contribution in [0.2, 0.25) is 0 Å². The summed E-state index contributed by atoms with van der Waals surface area (Å²) in [6, 6.07) is 7.64. The van der Waals surface area contributed by atoms with Crippen molar-refractivity contribution in [2.24, 2.45) is 5.92 Å². The number of hydrogen-bond acceptors (Lipinski definition) is 1. The number of fused-ring (bicyclic) bond motifs is 1. The average Bonchev–Trinajstić information content (AvgIpc) is 2.13. The van der Waals surface area contributed by atoms with Crippen molar-refractivity contribution in [1.29, 1.82) is 0 Å². The molecule has 0 spiro atoms. The Bertz CT molecular complexity index is 355. The van der Waals surface area contributed by atoms with E-state index in [1.165, 1.54) is 0 Å². The average molecular weight is 195 g/mol. The predicted octanol–water partition coefficient (Wildman–Crippen LogP) is 2.73. The SMILES string of the molecule is CC1C=Cc2ccccc2C1(O)Cl. The molecule has 1 N–H and O–H groups in total. The highest BCUT2D eigenvalue weighted by Gasteiger charge is 2.35. The van der Waals surface area contributed by atoms with Gasteiger partial charge >= 0.3 is 0 Å². The Balaban J connectivity index is 2.61. The Morgan fingerprint density at radius 3 is 2.85 bits per heavy atom. The molecule has 0 fully saturated rings. The summed E-state index contributed by atoms with van der Waals surface area (Å²) >= 11 is 6.06. The standard InChI is InChI=1S/C11H11ClO/c1-8-6-7-9-4-2-3-5-10(9)11(8,12)13/h2-8,13H,1H3. The first kappa shape index (κ1) is 8.79. The molecular formula is C11H11ClO. The van der Waals surface area contributed by atoms with Crippen LogP contribution in [-0.4, -0.2) is 5.11 Å². The van der Waals surface area contributed by atoms with Crippen LogP contribution in [0.4, 0.5) is 0 Å². The highest BCUT2D eigenvalue weighted by atomic mass is 35.5. The fourth-order valence-corrected chi connectivity index (χ4v) is 1.83. The third-order valence-electron chi connectivity index (χ3n) is 2.51. The van der Waals surface area contributed by atoms with Gasteiger partial charge in [0.1, 0.15) is 0 Å². The molecule has 0 aromatic heterocycles. The van der Waals surface area contributed by atoms with Crippen molar-refractivity contribution in [2.75, 3.05) is 0 Å². The lowest BCUT2D eigenvalue weighted by Crippen LogP contribution is -2.28. The molecule has 0 amide bonds. The van der Waals surface area contributed by atoms with Crippen molar-refractivity contribution < 1.29 is 5.11 Å². The molecule has 0 radical (unpaired) electrons. The van der Waals surface area contributed by atoms with Crippen LogP contribution in [0.15, 0.2) is 30.3 Å². The van der Waals surface area contributed by atoms with Gasteiger partial charge in [0.05, 0.1) is 0 Å². The number of aliphatic hydroxyl groups is 1. The second-order valence-corrected chi connectivity index (χ2v) is 3.98. The lowest BCUT2D eigenvalue weighted by Gasteiger charge is -2.30. The Hall–Kier alpha value is -0.790. The zero-order valence-corrected chi connectivity index (χ0v) is 8.12. The van der Waals surface area contributed by atoms with Gasteiger partial charge in [-0.3, -0.25) is 0 Å². The Labute approximate surface area is 82.7 Å². The van der Waals surface area contributed by atoms with Gasteiger partial charge in [0.15, 0.2) is 5.06 Å². The van der Waals surface area contributed by atoms with Gasteiger partial charge in [-0.25, -0.2) is 0 Å². The molecule has 2 unspecified atom stereocenters. The van der Waals surface area contributed by atoms with Gasteiger partial charge in [-0.15, -0.1) is 0 Å². The minimum absolute atomic E-state index is 0.0518. The molecule has 1 aliphatic carbocycles. The third kappa shape index (κ3) is 1.28. The Morgan fingerprint density at radius 1 is 1.38 bits per heavy atom. The fourth-order valence-electron chi connectivity index (χ4n) is 1.58. The minimum Gasteiger partial charge on any atom is -0.370 e. The Kier molecular flexibility index (Phi) is 1.94. The van der Waals surface area contributed by atoms with Gasteiger partial charge in [-0.1, -0.05) is 54.9 Å². The summed E-state index contributed by atoms with van der Waals surface area (Å²) in [6.45, 7) is 1.90. The minimum atomic E-state index is -1.24. The number of hydrogen-bond donors (Lipinski definition) is 1. The van der Waals surface area contributed by atoms with Gasteiger partial charge < -0.3 is 5.11 Å². The number of alkyl halides is 1. The van der Waals surface area contributed by atoms with Crippen molar-refractivity contribution in [3.63, 3.8) is 0 Å². The van der Waals surface area contributed by atoms with Crippen LogP contribution in [0.3, 0.4) is 0 Å². The second kappa shape index (κ2) is 2.86. The molecule has 1 aromatic rings. The maximum atomic E-state index is 10.0. The second-order valence-electron chi connectivity index (χ2n) is 3.41. The van der Waals surface area contributed by atoms with Crippen molar-refractivity contribution in [1.82, 2.24) is 0 Å². The fraction of sp³-hybridized carbons (Fsp3) is 0.273. The molecule has 2 rings (SSSR count). The molecule has 0 bridgehead atoms. The third-order valence-corrected chi connectivity index (χ3v) is 3.05. The van der Waals surface area contributed by atoms with E-state index in [0.717, 1.165) is 11.1 Å². The van der Waals surface area contributed by atoms with Gasteiger partial charge in [-0.05, 0) is 5.56 Å². The van der Waals surface area contributed by atoms with Gasteiger partial charge in [0, 0.05) is 11.5 Å². The summed E-state index contributed by atoms with van der Waals surface area (Å²) in [5.41, 5.74) is 1.80. The molecule has 0 saturated carbocycles. The first-order valence-electron chi connectivity index (χ1n) is 4.31. The molecule has 1 aromatic carbocycles. The molecule has 2 heteroatoms. The molecular weight excluding hydrogens is 184 g/mol. The summed E-state index contributed by atoms with van der Waals surface area (Å²) in [7, 11) is 0. The van der Waals surface area contributed by atoms with E-state index in [1.807, 2.05) is 43.3 Å². The summed E-state index contributed by atoms with van der Waals surface area (Å²) in [4.78, 5) is 0. The lowest BCUT2D eigenvalue weighted by molar-refractivity contribution is 0.0886. The molecule has 68 valence electrons. The van der Waals surface area contributed by atoms with E-state index in [0.29, 0.717) is 0 Å². The van der Waals surface area contributed by atoms with E-state index in [2.05, 4.69) is 0 Å². The predicted molar refractivity (Wildman–Crippen MR) is 54.4 cm³/mol. The monoisotopic (exact) mass is 194 g/mol. The zero-order chi connectivity index (χ0) is 9.47. The molecule has 1 nitrogen and oxygen atoms in total. The van der Waals surface area contributed by atoms with Crippen LogP contribution < -0.4 is 0 Å². The van der Waals surface area contributed by atoms with Crippen molar-refractivity contribution in [2.45, 2.75) is 12.0 Å². The zero-order valence-electron chi connectivity index (χ0n) is 7.37. The maximum Gasteiger partial charge on any atom is 0.170 e. The van der Waals surface area contributed by atoms with Gasteiger partial charge in [0.25, 0.3) is 0 Å². The largest absolute Gasteiger partial charge is 0.370 e. The van der Waals surface area contributed by atoms with E-state index in [-0.39, 0.29) is 5.92 Å². The van der Waals surface area contributed by atoms with Crippen LogP contribution in [0.25, 0.3) is 6.08 Å².